The molecule has 0 aliphatic heterocycles. The lowest BCUT2D eigenvalue weighted by Gasteiger charge is -2.44. The van der Waals surface area contributed by atoms with E-state index in [-0.39, 0.29) is 5.56 Å². The topological polar surface area (TPSA) is 44.0 Å². The quantitative estimate of drug-likeness (QED) is 0.892. The second kappa shape index (κ2) is 5.14. The Morgan fingerprint density at radius 3 is 2.50 bits per heavy atom. The molecular weight excluding hydrogens is 260 g/mol. The summed E-state index contributed by atoms with van der Waals surface area (Å²) >= 11 is 0. The molecule has 108 valence electrons. The Balaban J connectivity index is 2.47. The Bertz CT molecular complexity index is 540. The molecule has 0 spiro atoms. The molecule has 2 rings (SSSR count). The van der Waals surface area contributed by atoms with Crippen molar-refractivity contribution in [3.8, 4) is 6.07 Å². The minimum absolute atomic E-state index is 0.131. The highest BCUT2D eigenvalue weighted by molar-refractivity contribution is 5.30. The number of hydrogen-bond acceptors (Lipinski definition) is 2. The van der Waals surface area contributed by atoms with E-state index >= 15 is 0 Å². The van der Waals surface area contributed by atoms with Crippen LogP contribution in [0.15, 0.2) is 18.2 Å². The van der Waals surface area contributed by atoms with E-state index in [4.69, 9.17) is 0 Å². The Hall–Kier alpha value is -1.47. The molecule has 2 nitrogen and oxygen atoms in total. The molecule has 0 amide bonds. The summed E-state index contributed by atoms with van der Waals surface area (Å²) in [5, 5.41) is 20.4. The number of nitriles is 1. The van der Waals surface area contributed by atoms with Gasteiger partial charge in [0.2, 0.25) is 0 Å². The molecule has 1 fully saturated rings. The lowest BCUT2D eigenvalue weighted by atomic mass is 9.61. The summed E-state index contributed by atoms with van der Waals surface area (Å²) in [6.45, 7) is 3.52. The van der Waals surface area contributed by atoms with Crippen LogP contribution in [0, 0.1) is 34.3 Å². The number of hydrogen-bond donors (Lipinski definition) is 1. The fraction of sp³-hybridized carbons (Fsp3) is 0.562. The zero-order chi connectivity index (χ0) is 15.0. The van der Waals surface area contributed by atoms with E-state index in [9.17, 15) is 19.1 Å². The number of benzene rings is 1. The van der Waals surface area contributed by atoms with Gasteiger partial charge in [-0.05, 0) is 44.6 Å². The first-order valence-electron chi connectivity index (χ1n) is 6.92. The van der Waals surface area contributed by atoms with Crippen molar-refractivity contribution >= 4 is 0 Å². The molecule has 0 bridgehead atoms. The number of rotatable bonds is 2. The maximum Gasteiger partial charge on any atom is 0.164 e. The third-order valence-corrected chi connectivity index (χ3v) is 4.75. The van der Waals surface area contributed by atoms with Gasteiger partial charge in [-0.15, -0.1) is 0 Å². The largest absolute Gasteiger partial charge is 0.384 e. The molecule has 1 aromatic carbocycles. The molecule has 1 aliphatic rings. The monoisotopic (exact) mass is 279 g/mol. The van der Waals surface area contributed by atoms with Crippen LogP contribution in [0.2, 0.25) is 0 Å². The highest BCUT2D eigenvalue weighted by atomic mass is 19.2. The standard InChI is InChI=1S/C16H19F2NO/c1-11-6-8-16(10-19,9-7-11)15(2,20)12-4-3-5-13(17)14(12)18/h3-5,11,20H,6-9H2,1-2H3. The highest BCUT2D eigenvalue weighted by Gasteiger charge is 2.51. The summed E-state index contributed by atoms with van der Waals surface area (Å²) < 4.78 is 27.4. The zero-order valence-corrected chi connectivity index (χ0v) is 11.8. The van der Waals surface area contributed by atoms with E-state index in [1.165, 1.54) is 19.1 Å². The summed E-state index contributed by atoms with van der Waals surface area (Å²) in [6.07, 6.45) is 2.60. The van der Waals surface area contributed by atoms with Gasteiger partial charge in [0.15, 0.2) is 11.6 Å². The molecule has 20 heavy (non-hydrogen) atoms. The Morgan fingerprint density at radius 2 is 1.95 bits per heavy atom. The van der Waals surface area contributed by atoms with Crippen LogP contribution in [0.4, 0.5) is 8.78 Å². The maximum atomic E-state index is 14.0. The van der Waals surface area contributed by atoms with E-state index in [0.717, 1.165) is 18.9 Å². The van der Waals surface area contributed by atoms with Gasteiger partial charge in [0.25, 0.3) is 0 Å². The van der Waals surface area contributed by atoms with Gasteiger partial charge < -0.3 is 5.11 Å². The van der Waals surface area contributed by atoms with Crippen LogP contribution in [0.1, 0.15) is 45.1 Å². The van der Waals surface area contributed by atoms with Crippen LogP contribution in [0.5, 0.6) is 0 Å². The van der Waals surface area contributed by atoms with E-state index < -0.39 is 22.7 Å². The lowest BCUT2D eigenvalue weighted by molar-refractivity contribution is -0.0713. The smallest absolute Gasteiger partial charge is 0.164 e. The number of aliphatic hydroxyl groups is 1. The van der Waals surface area contributed by atoms with Crippen LogP contribution in [-0.4, -0.2) is 5.11 Å². The Labute approximate surface area is 118 Å². The Kier molecular flexibility index (Phi) is 3.84. The summed E-state index contributed by atoms with van der Waals surface area (Å²) in [4.78, 5) is 0. The minimum Gasteiger partial charge on any atom is -0.384 e. The molecular formula is C16H19F2NO. The molecule has 1 unspecified atom stereocenters. The first-order chi connectivity index (χ1) is 9.34. The van der Waals surface area contributed by atoms with E-state index in [0.29, 0.717) is 18.8 Å². The van der Waals surface area contributed by atoms with Crippen molar-refractivity contribution in [2.75, 3.05) is 0 Å². The average molecular weight is 279 g/mol. The molecule has 1 atom stereocenters. The van der Waals surface area contributed by atoms with Gasteiger partial charge in [0.05, 0.1) is 11.5 Å². The molecule has 0 radical (unpaired) electrons. The molecule has 4 heteroatoms. The lowest BCUT2D eigenvalue weighted by Crippen LogP contribution is -2.45. The van der Waals surface area contributed by atoms with E-state index in [2.05, 4.69) is 13.0 Å². The van der Waals surface area contributed by atoms with E-state index in [1.54, 1.807) is 0 Å². The minimum atomic E-state index is -1.70. The predicted octanol–water partition coefficient (Wildman–Crippen LogP) is 3.89. The van der Waals surface area contributed by atoms with Crippen LogP contribution < -0.4 is 0 Å². The summed E-state index contributed by atoms with van der Waals surface area (Å²) in [5.74, 6) is -1.57. The van der Waals surface area contributed by atoms with E-state index in [1.807, 2.05) is 0 Å². The first kappa shape index (κ1) is 14.9. The second-order valence-corrected chi connectivity index (χ2v) is 6.05. The van der Waals surface area contributed by atoms with Crippen molar-refractivity contribution in [2.45, 2.75) is 45.1 Å². The fourth-order valence-corrected chi connectivity index (χ4v) is 3.10. The molecule has 1 N–H and O–H groups in total. The summed E-state index contributed by atoms with van der Waals surface area (Å²) in [5.41, 5.74) is -2.89. The van der Waals surface area contributed by atoms with Gasteiger partial charge in [-0.25, -0.2) is 8.78 Å². The van der Waals surface area contributed by atoms with Crippen molar-refractivity contribution < 1.29 is 13.9 Å². The van der Waals surface area contributed by atoms with Gasteiger partial charge in [-0.3, -0.25) is 0 Å². The van der Waals surface area contributed by atoms with Crippen LogP contribution >= 0.6 is 0 Å². The van der Waals surface area contributed by atoms with Crippen LogP contribution in [-0.2, 0) is 5.60 Å². The molecule has 0 heterocycles. The van der Waals surface area contributed by atoms with Crippen LogP contribution in [0.25, 0.3) is 0 Å². The number of nitrogens with zero attached hydrogens (tertiary/aromatic N) is 1. The predicted molar refractivity (Wildman–Crippen MR) is 71.6 cm³/mol. The van der Waals surface area contributed by atoms with Gasteiger partial charge in [0.1, 0.15) is 5.60 Å². The van der Waals surface area contributed by atoms with Crippen molar-refractivity contribution in [2.24, 2.45) is 11.3 Å². The third-order valence-electron chi connectivity index (χ3n) is 4.75. The third kappa shape index (κ3) is 2.20. The normalized spacial score (nSPS) is 29.5. The first-order valence-corrected chi connectivity index (χ1v) is 6.92. The van der Waals surface area contributed by atoms with Crippen LogP contribution in [0.3, 0.4) is 0 Å². The highest BCUT2D eigenvalue weighted by Crippen LogP contribution is 2.51. The molecule has 1 aliphatic carbocycles. The van der Waals surface area contributed by atoms with Gasteiger partial charge in [0, 0.05) is 5.56 Å². The second-order valence-electron chi connectivity index (χ2n) is 6.05. The molecule has 1 aromatic rings. The van der Waals surface area contributed by atoms with Gasteiger partial charge >= 0.3 is 0 Å². The average Bonchev–Trinajstić information content (AvgIpc) is 2.42. The fourth-order valence-electron chi connectivity index (χ4n) is 3.10. The molecule has 0 aromatic heterocycles. The summed E-state index contributed by atoms with van der Waals surface area (Å²) in [7, 11) is 0. The maximum absolute atomic E-state index is 14.0. The Morgan fingerprint density at radius 1 is 1.35 bits per heavy atom. The van der Waals surface area contributed by atoms with Crippen molar-refractivity contribution in [1.82, 2.24) is 0 Å². The van der Waals surface area contributed by atoms with Gasteiger partial charge in [-0.2, -0.15) is 5.26 Å². The van der Waals surface area contributed by atoms with Gasteiger partial charge in [-0.1, -0.05) is 19.1 Å². The van der Waals surface area contributed by atoms with Crippen molar-refractivity contribution in [3.05, 3.63) is 35.4 Å². The SMILES string of the molecule is CC1CCC(C#N)(C(C)(O)c2cccc(F)c2F)CC1. The molecule has 0 saturated heterocycles. The summed E-state index contributed by atoms with van der Waals surface area (Å²) in [6, 6.07) is 5.91. The molecule has 1 saturated carbocycles. The zero-order valence-electron chi connectivity index (χ0n) is 11.8. The van der Waals surface area contributed by atoms with Crippen molar-refractivity contribution in [1.29, 1.82) is 5.26 Å². The number of halogens is 2. The van der Waals surface area contributed by atoms with Crippen molar-refractivity contribution in [3.63, 3.8) is 0 Å².